The molecule has 3 aromatic rings. The first kappa shape index (κ1) is 12.9. The smallest absolute Gasteiger partial charge is 0.258 e. The Bertz CT molecular complexity index is 879. The zero-order valence-corrected chi connectivity index (χ0v) is 12.1. The number of hydrogen-bond donors (Lipinski definition) is 0. The summed E-state index contributed by atoms with van der Waals surface area (Å²) >= 11 is 0. The number of hydrogen-bond acceptors (Lipinski definition) is 4. The predicted molar refractivity (Wildman–Crippen MR) is 82.2 cm³/mol. The van der Waals surface area contributed by atoms with E-state index in [1.165, 1.54) is 0 Å². The number of nitro groups is 1. The number of nitro benzene ring substituents is 1. The second kappa shape index (κ2) is 4.62. The van der Waals surface area contributed by atoms with Crippen molar-refractivity contribution in [3.8, 4) is 5.82 Å². The van der Waals surface area contributed by atoms with E-state index in [4.69, 9.17) is 0 Å². The molecule has 0 radical (unpaired) electrons. The van der Waals surface area contributed by atoms with Crippen LogP contribution in [-0.4, -0.2) is 19.7 Å². The number of nitrogens with zero attached hydrogens (tertiary/aromatic N) is 4. The highest BCUT2D eigenvalue weighted by atomic mass is 16.6. The van der Waals surface area contributed by atoms with Crippen LogP contribution in [0, 0.1) is 17.0 Å². The van der Waals surface area contributed by atoms with Crippen LogP contribution in [0.2, 0.25) is 0 Å². The molecule has 22 heavy (non-hydrogen) atoms. The Balaban J connectivity index is 1.86. The van der Waals surface area contributed by atoms with Gasteiger partial charge in [0.15, 0.2) is 5.82 Å². The summed E-state index contributed by atoms with van der Waals surface area (Å²) in [4.78, 5) is 15.3. The fourth-order valence-corrected chi connectivity index (χ4v) is 2.67. The highest BCUT2D eigenvalue weighted by molar-refractivity contribution is 5.83. The normalized spacial score (nSPS) is 14.4. The molecule has 1 aliphatic rings. The Morgan fingerprint density at radius 2 is 2.14 bits per heavy atom. The van der Waals surface area contributed by atoms with E-state index < -0.39 is 0 Å². The molecule has 1 aliphatic carbocycles. The van der Waals surface area contributed by atoms with Crippen molar-refractivity contribution in [1.82, 2.24) is 14.8 Å². The van der Waals surface area contributed by atoms with Gasteiger partial charge in [-0.3, -0.25) is 10.1 Å². The van der Waals surface area contributed by atoms with Crippen molar-refractivity contribution in [3.05, 3.63) is 57.9 Å². The molecule has 0 amide bonds. The van der Waals surface area contributed by atoms with E-state index in [1.807, 2.05) is 31.3 Å². The van der Waals surface area contributed by atoms with Gasteiger partial charge in [-0.2, -0.15) is 5.10 Å². The minimum atomic E-state index is -0.309. The summed E-state index contributed by atoms with van der Waals surface area (Å²) in [7, 11) is 0. The molecular formula is C16H14N4O2. The zero-order chi connectivity index (χ0) is 15.3. The Kier molecular flexibility index (Phi) is 2.72. The molecule has 0 unspecified atom stereocenters. The lowest BCUT2D eigenvalue weighted by Crippen LogP contribution is -1.97. The maximum atomic E-state index is 11.3. The van der Waals surface area contributed by atoms with Crippen molar-refractivity contribution >= 4 is 16.6 Å². The lowest BCUT2D eigenvalue weighted by molar-refractivity contribution is -0.385. The number of aryl methyl sites for hydroxylation is 1. The van der Waals surface area contributed by atoms with E-state index in [9.17, 15) is 10.1 Å². The molecule has 0 aliphatic heterocycles. The molecule has 110 valence electrons. The fourth-order valence-electron chi connectivity index (χ4n) is 2.67. The summed E-state index contributed by atoms with van der Waals surface area (Å²) in [6, 6.07) is 7.33. The lowest BCUT2D eigenvalue weighted by atomic mass is 10.1. The summed E-state index contributed by atoms with van der Waals surface area (Å²) in [6.45, 7) is 1.97. The topological polar surface area (TPSA) is 73.8 Å². The third kappa shape index (κ3) is 2.13. The van der Waals surface area contributed by atoms with Crippen LogP contribution in [0.1, 0.15) is 29.9 Å². The Morgan fingerprint density at radius 1 is 1.32 bits per heavy atom. The molecule has 2 aromatic heterocycles. The molecule has 1 fully saturated rings. The molecule has 0 N–H and O–H groups in total. The van der Waals surface area contributed by atoms with E-state index >= 15 is 0 Å². The number of pyridine rings is 1. The standard InChI is InChI=1S/C16H14N4O2/c1-10-2-5-16(17-8-10)19-9-12-6-13(11-3-4-11)15(20(21)22)7-14(12)18-19/h2,5-9,11H,3-4H2,1H3. The average molecular weight is 294 g/mol. The highest BCUT2D eigenvalue weighted by Gasteiger charge is 2.31. The molecule has 1 aromatic carbocycles. The largest absolute Gasteiger partial charge is 0.275 e. The van der Waals surface area contributed by atoms with Gasteiger partial charge in [-0.05, 0) is 43.4 Å². The average Bonchev–Trinajstić information content (AvgIpc) is 3.26. The van der Waals surface area contributed by atoms with Gasteiger partial charge >= 0.3 is 0 Å². The molecule has 0 saturated heterocycles. The maximum absolute atomic E-state index is 11.3. The monoisotopic (exact) mass is 294 g/mol. The van der Waals surface area contributed by atoms with E-state index in [0.717, 1.165) is 29.4 Å². The second-order valence-electron chi connectivity index (χ2n) is 5.77. The van der Waals surface area contributed by atoms with E-state index in [0.29, 0.717) is 17.3 Å². The molecule has 0 bridgehead atoms. The lowest BCUT2D eigenvalue weighted by Gasteiger charge is -2.00. The number of aromatic nitrogens is 3. The maximum Gasteiger partial charge on any atom is 0.275 e. The van der Waals surface area contributed by atoms with Crippen LogP contribution in [0.25, 0.3) is 16.7 Å². The van der Waals surface area contributed by atoms with Crippen molar-refractivity contribution in [2.24, 2.45) is 0 Å². The summed E-state index contributed by atoms with van der Waals surface area (Å²) in [6.07, 6.45) is 5.71. The molecule has 6 nitrogen and oxygen atoms in total. The predicted octanol–water partition coefficient (Wildman–Crippen LogP) is 3.51. The Morgan fingerprint density at radius 3 is 2.77 bits per heavy atom. The molecule has 1 saturated carbocycles. The van der Waals surface area contributed by atoms with Gasteiger partial charge in [0.05, 0.1) is 10.4 Å². The summed E-state index contributed by atoms with van der Waals surface area (Å²) in [5.74, 6) is 1.03. The number of rotatable bonds is 3. The minimum absolute atomic E-state index is 0.178. The Labute approximate surface area is 126 Å². The van der Waals surface area contributed by atoms with Crippen molar-refractivity contribution in [3.63, 3.8) is 0 Å². The van der Waals surface area contributed by atoms with Crippen LogP contribution >= 0.6 is 0 Å². The van der Waals surface area contributed by atoms with Crippen molar-refractivity contribution in [2.45, 2.75) is 25.7 Å². The quantitative estimate of drug-likeness (QED) is 0.547. The van der Waals surface area contributed by atoms with Crippen LogP contribution in [0.4, 0.5) is 5.69 Å². The molecule has 0 spiro atoms. The summed E-state index contributed by atoms with van der Waals surface area (Å²) < 4.78 is 1.67. The first-order valence-electron chi connectivity index (χ1n) is 7.22. The summed E-state index contributed by atoms with van der Waals surface area (Å²) in [5.41, 5.74) is 2.71. The first-order valence-corrected chi connectivity index (χ1v) is 7.22. The minimum Gasteiger partial charge on any atom is -0.258 e. The molecular weight excluding hydrogens is 280 g/mol. The first-order chi connectivity index (χ1) is 10.6. The highest BCUT2D eigenvalue weighted by Crippen LogP contribution is 2.45. The Hall–Kier alpha value is -2.76. The van der Waals surface area contributed by atoms with E-state index in [2.05, 4.69) is 10.1 Å². The van der Waals surface area contributed by atoms with Gasteiger partial charge < -0.3 is 0 Å². The van der Waals surface area contributed by atoms with Gasteiger partial charge in [-0.25, -0.2) is 9.67 Å². The molecule has 0 atom stereocenters. The third-order valence-electron chi connectivity index (χ3n) is 4.00. The van der Waals surface area contributed by atoms with Gasteiger partial charge in [0.1, 0.15) is 0 Å². The number of fused-ring (bicyclic) bond motifs is 1. The SMILES string of the molecule is Cc1ccc(-n2cc3cc(C4CC4)c([N+](=O)[O-])cc3n2)nc1. The van der Waals surface area contributed by atoms with Crippen LogP contribution < -0.4 is 0 Å². The van der Waals surface area contributed by atoms with Crippen molar-refractivity contribution in [2.75, 3.05) is 0 Å². The van der Waals surface area contributed by atoms with E-state index in [1.54, 1.807) is 16.9 Å². The molecule has 6 heteroatoms. The van der Waals surface area contributed by atoms with Crippen LogP contribution in [0.15, 0.2) is 36.7 Å². The van der Waals surface area contributed by atoms with Crippen LogP contribution in [0.3, 0.4) is 0 Å². The fraction of sp³-hybridized carbons (Fsp3) is 0.250. The zero-order valence-electron chi connectivity index (χ0n) is 12.1. The van der Waals surface area contributed by atoms with E-state index in [-0.39, 0.29) is 10.6 Å². The number of benzene rings is 1. The van der Waals surface area contributed by atoms with Gasteiger partial charge in [0, 0.05) is 29.4 Å². The van der Waals surface area contributed by atoms with Gasteiger partial charge in [0.25, 0.3) is 5.69 Å². The van der Waals surface area contributed by atoms with Gasteiger partial charge in [-0.15, -0.1) is 0 Å². The summed E-state index contributed by atoms with van der Waals surface area (Å²) in [5, 5.41) is 16.6. The second-order valence-corrected chi connectivity index (χ2v) is 5.77. The van der Waals surface area contributed by atoms with Crippen LogP contribution in [0.5, 0.6) is 0 Å². The molecule has 2 heterocycles. The van der Waals surface area contributed by atoms with Crippen molar-refractivity contribution < 1.29 is 4.92 Å². The van der Waals surface area contributed by atoms with Gasteiger partial charge in [0.2, 0.25) is 0 Å². The molecule has 4 rings (SSSR count). The van der Waals surface area contributed by atoms with Crippen molar-refractivity contribution in [1.29, 1.82) is 0 Å². The third-order valence-corrected chi connectivity index (χ3v) is 4.00. The van der Waals surface area contributed by atoms with Crippen LogP contribution in [-0.2, 0) is 0 Å². The van der Waals surface area contributed by atoms with Gasteiger partial charge in [-0.1, -0.05) is 6.07 Å².